The number of benzene rings is 1. The van der Waals surface area contributed by atoms with Crippen LogP contribution in [0.1, 0.15) is 76.3 Å². The van der Waals surface area contributed by atoms with Crippen LogP contribution in [0.15, 0.2) is 24.3 Å². The van der Waals surface area contributed by atoms with E-state index >= 15 is 0 Å². The summed E-state index contributed by atoms with van der Waals surface area (Å²) < 4.78 is 0. The monoisotopic (exact) mass is 396 g/mol. The second-order valence-corrected chi connectivity index (χ2v) is 8.79. The van der Waals surface area contributed by atoms with Gasteiger partial charge in [0, 0.05) is 36.4 Å². The Morgan fingerprint density at radius 2 is 1.86 bits per heavy atom. The summed E-state index contributed by atoms with van der Waals surface area (Å²) in [7, 11) is 0. The summed E-state index contributed by atoms with van der Waals surface area (Å²) >= 11 is 0. The van der Waals surface area contributed by atoms with Crippen molar-refractivity contribution in [2.24, 2.45) is 5.92 Å². The maximum Gasteiger partial charge on any atom is 0.222 e. The molecule has 1 saturated heterocycles. The Morgan fingerprint density at radius 3 is 2.45 bits per heavy atom. The molecule has 2 aliphatic rings. The Labute approximate surface area is 176 Å². The Bertz CT molecular complexity index is 725. The Kier molecular flexibility index (Phi) is 7.75. The number of rotatable bonds is 6. The first-order valence-electron chi connectivity index (χ1n) is 11.3. The number of nitrogens with zero attached hydrogens (tertiary/aromatic N) is 1. The maximum absolute atomic E-state index is 12.5. The maximum atomic E-state index is 12.5. The fourth-order valence-electron chi connectivity index (χ4n) is 4.75. The largest absolute Gasteiger partial charge is 0.394 e. The molecule has 1 aromatic rings. The SMILES string of the molecule is CCC(=O)N1[C@H](CO)[C@H](c2ccc(C#CC3CCCCC3)cc2)[C@@H]1CNC(C)C. The predicted octanol–water partition coefficient (Wildman–Crippen LogP) is 3.68. The first-order valence-corrected chi connectivity index (χ1v) is 11.3. The van der Waals surface area contributed by atoms with Gasteiger partial charge in [-0.3, -0.25) is 4.79 Å². The molecule has 1 aliphatic heterocycles. The van der Waals surface area contributed by atoms with Crippen LogP contribution < -0.4 is 5.32 Å². The summed E-state index contributed by atoms with van der Waals surface area (Å²) in [6, 6.07) is 8.76. The molecule has 0 radical (unpaired) electrons. The van der Waals surface area contributed by atoms with Gasteiger partial charge in [0.2, 0.25) is 5.91 Å². The van der Waals surface area contributed by atoms with E-state index in [0.717, 1.165) is 12.1 Å². The van der Waals surface area contributed by atoms with Crippen molar-refractivity contribution in [1.29, 1.82) is 0 Å². The molecule has 1 amide bonds. The average Bonchev–Trinajstić information content (AvgIpc) is 2.73. The number of likely N-dealkylation sites (tertiary alicyclic amines) is 1. The van der Waals surface area contributed by atoms with E-state index in [9.17, 15) is 9.90 Å². The van der Waals surface area contributed by atoms with E-state index in [4.69, 9.17) is 0 Å². The van der Waals surface area contributed by atoms with Crippen LogP contribution in [0.25, 0.3) is 0 Å². The molecule has 0 aromatic heterocycles. The van der Waals surface area contributed by atoms with Crippen molar-refractivity contribution in [1.82, 2.24) is 10.2 Å². The molecule has 158 valence electrons. The van der Waals surface area contributed by atoms with E-state index in [1.54, 1.807) is 0 Å². The molecular formula is C25H36N2O2. The number of aliphatic hydroxyl groups is 1. The zero-order valence-electron chi connectivity index (χ0n) is 18.2. The van der Waals surface area contributed by atoms with E-state index in [2.05, 4.69) is 55.3 Å². The van der Waals surface area contributed by atoms with Gasteiger partial charge in [-0.05, 0) is 30.5 Å². The van der Waals surface area contributed by atoms with Gasteiger partial charge in [0.05, 0.1) is 18.7 Å². The second kappa shape index (κ2) is 10.3. The predicted molar refractivity (Wildman–Crippen MR) is 118 cm³/mol. The van der Waals surface area contributed by atoms with E-state index in [-0.39, 0.29) is 30.5 Å². The number of amides is 1. The summed E-state index contributed by atoms with van der Waals surface area (Å²) in [5, 5.41) is 13.4. The highest BCUT2D eigenvalue weighted by Gasteiger charge is 2.50. The number of aliphatic hydroxyl groups excluding tert-OH is 1. The first-order chi connectivity index (χ1) is 14.0. The van der Waals surface area contributed by atoms with Gasteiger partial charge in [0.1, 0.15) is 0 Å². The Balaban J connectivity index is 1.74. The van der Waals surface area contributed by atoms with Crippen molar-refractivity contribution in [3.05, 3.63) is 35.4 Å². The van der Waals surface area contributed by atoms with Crippen LogP contribution >= 0.6 is 0 Å². The highest BCUT2D eigenvalue weighted by molar-refractivity contribution is 5.78. The van der Waals surface area contributed by atoms with Gasteiger partial charge in [0.25, 0.3) is 0 Å². The summed E-state index contributed by atoms with van der Waals surface area (Å²) in [4.78, 5) is 14.3. The molecule has 1 saturated carbocycles. The van der Waals surface area contributed by atoms with Crippen molar-refractivity contribution >= 4 is 5.91 Å². The topological polar surface area (TPSA) is 52.6 Å². The van der Waals surface area contributed by atoms with Crippen LogP contribution in [0.2, 0.25) is 0 Å². The van der Waals surface area contributed by atoms with E-state index in [1.165, 1.54) is 37.7 Å². The molecule has 4 heteroatoms. The van der Waals surface area contributed by atoms with Crippen LogP contribution in [-0.2, 0) is 4.79 Å². The van der Waals surface area contributed by atoms with Gasteiger partial charge in [-0.2, -0.15) is 0 Å². The third-order valence-electron chi connectivity index (χ3n) is 6.38. The van der Waals surface area contributed by atoms with Crippen molar-refractivity contribution in [3.8, 4) is 11.8 Å². The highest BCUT2D eigenvalue weighted by atomic mass is 16.3. The molecule has 0 unspecified atom stereocenters. The molecule has 1 aromatic carbocycles. The Hall–Kier alpha value is -1.83. The minimum absolute atomic E-state index is 0.00216. The van der Waals surface area contributed by atoms with Crippen LogP contribution in [0.5, 0.6) is 0 Å². The molecule has 1 aliphatic carbocycles. The lowest BCUT2D eigenvalue weighted by molar-refractivity contribution is -0.150. The molecule has 0 spiro atoms. The van der Waals surface area contributed by atoms with Crippen LogP contribution in [0.4, 0.5) is 0 Å². The fraction of sp³-hybridized carbons (Fsp3) is 0.640. The summed E-state index contributed by atoms with van der Waals surface area (Å²) in [6.07, 6.45) is 6.90. The summed E-state index contributed by atoms with van der Waals surface area (Å²) in [5.74, 6) is 7.63. The molecule has 1 heterocycles. The number of hydrogen-bond donors (Lipinski definition) is 2. The molecule has 3 rings (SSSR count). The van der Waals surface area contributed by atoms with Crippen molar-refractivity contribution in [2.45, 2.75) is 83.3 Å². The minimum Gasteiger partial charge on any atom is -0.394 e. The van der Waals surface area contributed by atoms with Gasteiger partial charge < -0.3 is 15.3 Å². The molecule has 4 nitrogen and oxygen atoms in total. The summed E-state index contributed by atoms with van der Waals surface area (Å²) in [6.45, 7) is 6.86. The minimum atomic E-state index is -0.138. The van der Waals surface area contributed by atoms with Crippen LogP contribution in [0, 0.1) is 17.8 Å². The number of hydrogen-bond acceptors (Lipinski definition) is 3. The number of carbonyl (C=O) groups is 1. The third-order valence-corrected chi connectivity index (χ3v) is 6.38. The molecule has 2 fully saturated rings. The fourth-order valence-corrected chi connectivity index (χ4v) is 4.75. The van der Waals surface area contributed by atoms with Gasteiger partial charge in [-0.15, -0.1) is 0 Å². The highest BCUT2D eigenvalue weighted by Crippen LogP contribution is 2.41. The smallest absolute Gasteiger partial charge is 0.222 e. The summed E-state index contributed by atoms with van der Waals surface area (Å²) in [5.41, 5.74) is 2.24. The van der Waals surface area contributed by atoms with Crippen molar-refractivity contribution < 1.29 is 9.90 Å². The zero-order chi connectivity index (χ0) is 20.8. The lowest BCUT2D eigenvalue weighted by Gasteiger charge is -2.55. The van der Waals surface area contributed by atoms with Gasteiger partial charge >= 0.3 is 0 Å². The molecule has 3 atom stereocenters. The van der Waals surface area contributed by atoms with Crippen LogP contribution in [-0.4, -0.2) is 47.2 Å². The van der Waals surface area contributed by atoms with Gasteiger partial charge in [-0.25, -0.2) is 0 Å². The Morgan fingerprint density at radius 1 is 1.17 bits per heavy atom. The van der Waals surface area contributed by atoms with Crippen LogP contribution in [0.3, 0.4) is 0 Å². The normalized spacial score (nSPS) is 24.7. The number of nitrogens with one attached hydrogen (secondary N) is 1. The van der Waals surface area contributed by atoms with E-state index in [0.29, 0.717) is 18.4 Å². The lowest BCUT2D eigenvalue weighted by Crippen LogP contribution is -2.68. The zero-order valence-corrected chi connectivity index (χ0v) is 18.2. The standard InChI is InChI=1S/C25H36N2O2/c1-4-24(29)27-22(16-26-18(2)3)25(23(27)17-28)21-14-12-20(13-15-21)11-10-19-8-6-5-7-9-19/h12-15,18-19,22-23,25-26,28H,4-9,16-17H2,1-3H3/t22-,23+,25+/m0/s1. The number of carbonyl (C=O) groups excluding carboxylic acids is 1. The van der Waals surface area contributed by atoms with Crippen molar-refractivity contribution in [2.75, 3.05) is 13.2 Å². The van der Waals surface area contributed by atoms with E-state index in [1.807, 2.05) is 11.8 Å². The van der Waals surface area contributed by atoms with Crippen molar-refractivity contribution in [3.63, 3.8) is 0 Å². The molecule has 2 N–H and O–H groups in total. The van der Waals surface area contributed by atoms with Gasteiger partial charge in [-0.1, -0.05) is 64.0 Å². The first kappa shape index (κ1) is 21.9. The quantitative estimate of drug-likeness (QED) is 0.721. The second-order valence-electron chi connectivity index (χ2n) is 8.79. The molecular weight excluding hydrogens is 360 g/mol. The molecule has 29 heavy (non-hydrogen) atoms. The van der Waals surface area contributed by atoms with Gasteiger partial charge in [0.15, 0.2) is 0 Å². The molecule has 0 bridgehead atoms. The average molecular weight is 397 g/mol. The lowest BCUT2D eigenvalue weighted by atomic mass is 9.74. The van der Waals surface area contributed by atoms with E-state index < -0.39 is 0 Å². The third kappa shape index (κ3) is 5.21.